The second-order valence-corrected chi connectivity index (χ2v) is 16.8. The first-order chi connectivity index (χ1) is 32.4. The standard InChI is InChI=1S/C43H63N3O22/c1-20(50)44-30-24(52)16-43(42(60)61,67-37(30)32(55)25(53)17-47)68-38-33(56)26(18-48)64-41(35(38)58)66-36-27(19-49)65-40(63-15-8-6-4-3-5-7-12-28(54)62-2)31(34(36)57)46-39(59)22-14-13-21-10-9-11-23(51)29(21)45-22/h9-11,13-14,24-27,30-38,40-41,47-49,51-53,55-58H,3-8,12,15-19H2,1-2H3,(H,44,50)(H,46,59)(H,60,61)/t24?,25?,26?,27?,30-,31?,32?,33-,34?,35?,36+,37?,38?,40-,41?,43+/m1/s1. The van der Waals surface area contributed by atoms with Gasteiger partial charge in [0.15, 0.2) is 12.6 Å². The van der Waals surface area contributed by atoms with Crippen molar-refractivity contribution in [3.05, 3.63) is 36.0 Å². The Labute approximate surface area is 389 Å². The summed E-state index contributed by atoms with van der Waals surface area (Å²) in [7, 11) is 1.32. The normalized spacial score (nSPS) is 32.8. The minimum atomic E-state index is -3.09. The van der Waals surface area contributed by atoms with Crippen LogP contribution in [0.15, 0.2) is 30.3 Å². The summed E-state index contributed by atoms with van der Waals surface area (Å²) in [5.41, 5.74) is -0.1000. The van der Waals surface area contributed by atoms with Crippen molar-refractivity contribution in [1.82, 2.24) is 15.6 Å². The number of methoxy groups -OCH3 is 1. The van der Waals surface area contributed by atoms with E-state index < -0.39 is 142 Å². The number of benzene rings is 1. The van der Waals surface area contributed by atoms with Gasteiger partial charge >= 0.3 is 11.9 Å². The van der Waals surface area contributed by atoms with E-state index in [0.717, 1.165) is 26.2 Å². The number of aliphatic hydroxyl groups excluding tert-OH is 9. The predicted molar refractivity (Wildman–Crippen MR) is 227 cm³/mol. The summed E-state index contributed by atoms with van der Waals surface area (Å²) < 4.78 is 39.8. The number of aromatic hydroxyl groups is 1. The summed E-state index contributed by atoms with van der Waals surface area (Å²) in [6.07, 6.45) is -21.5. The van der Waals surface area contributed by atoms with E-state index in [-0.39, 0.29) is 29.5 Å². The average Bonchev–Trinajstić information content (AvgIpc) is 3.32. The highest BCUT2D eigenvalue weighted by Crippen LogP contribution is 2.38. The van der Waals surface area contributed by atoms with Crippen LogP contribution in [0.1, 0.15) is 68.8 Å². The molecule has 3 aliphatic heterocycles. The molecule has 0 saturated carbocycles. The lowest BCUT2D eigenvalue weighted by Crippen LogP contribution is -2.71. The highest BCUT2D eigenvalue weighted by atomic mass is 16.8. The Morgan fingerprint density at radius 2 is 1.51 bits per heavy atom. The minimum Gasteiger partial charge on any atom is -0.506 e. The molecular weight excluding hydrogens is 910 g/mol. The lowest BCUT2D eigenvalue weighted by molar-refractivity contribution is -0.382. The van der Waals surface area contributed by atoms with Crippen LogP contribution in [0.3, 0.4) is 0 Å². The number of carbonyl (C=O) groups excluding carboxylic acids is 3. The molecule has 1 aromatic carbocycles. The Balaban J connectivity index is 1.38. The fourth-order valence-electron chi connectivity index (χ4n) is 8.32. The Bertz CT molecular complexity index is 1980. The molecule has 13 N–H and O–H groups in total. The number of rotatable bonds is 23. The number of aliphatic hydroxyl groups is 9. The van der Waals surface area contributed by atoms with Crippen molar-refractivity contribution in [2.24, 2.45) is 0 Å². The van der Waals surface area contributed by atoms with Gasteiger partial charge in [0.05, 0.1) is 39.1 Å². The monoisotopic (exact) mass is 973 g/mol. The van der Waals surface area contributed by atoms with Crippen LogP contribution in [0.2, 0.25) is 0 Å². The number of unbranched alkanes of at least 4 members (excludes halogenated alkanes) is 5. The van der Waals surface area contributed by atoms with Crippen molar-refractivity contribution in [2.75, 3.05) is 33.5 Å². The zero-order chi connectivity index (χ0) is 49.9. The fraction of sp³-hybridized carbons (Fsp3) is 0.698. The number of amides is 2. The zero-order valence-electron chi connectivity index (χ0n) is 37.4. The number of nitrogens with zero attached hydrogens (tertiary/aromatic N) is 1. The number of phenolic OH excluding ortho intramolecular Hbond substituents is 1. The molecule has 3 aliphatic rings. The van der Waals surface area contributed by atoms with E-state index in [1.54, 1.807) is 12.1 Å². The van der Waals surface area contributed by atoms with E-state index in [1.807, 2.05) is 0 Å². The molecule has 25 nitrogen and oxygen atoms in total. The maximum atomic E-state index is 13.8. The zero-order valence-corrected chi connectivity index (χ0v) is 37.4. The number of pyridine rings is 1. The Kier molecular flexibility index (Phi) is 20.1. The van der Waals surface area contributed by atoms with Crippen molar-refractivity contribution >= 4 is 34.7 Å². The quantitative estimate of drug-likeness (QED) is 0.0378. The number of hydrogen-bond acceptors (Lipinski definition) is 22. The van der Waals surface area contributed by atoms with Crippen LogP contribution in [-0.2, 0) is 47.5 Å². The summed E-state index contributed by atoms with van der Waals surface area (Å²) in [4.78, 5) is 54.4. The van der Waals surface area contributed by atoms with Crippen LogP contribution in [0.5, 0.6) is 5.75 Å². The van der Waals surface area contributed by atoms with Gasteiger partial charge in [0.1, 0.15) is 84.0 Å². The number of carboxylic acids is 1. The van der Waals surface area contributed by atoms with Crippen molar-refractivity contribution in [1.29, 1.82) is 0 Å². The third-order valence-electron chi connectivity index (χ3n) is 12.0. The molecule has 68 heavy (non-hydrogen) atoms. The van der Waals surface area contributed by atoms with Gasteiger partial charge in [-0.15, -0.1) is 0 Å². The van der Waals surface area contributed by atoms with Gasteiger partial charge in [0.25, 0.3) is 11.7 Å². The Morgan fingerprint density at radius 3 is 2.16 bits per heavy atom. The lowest BCUT2D eigenvalue weighted by Gasteiger charge is -2.51. The number of para-hydroxylation sites is 1. The van der Waals surface area contributed by atoms with E-state index in [9.17, 15) is 75.3 Å². The molecule has 2 amide bonds. The number of aliphatic carboxylic acids is 1. The summed E-state index contributed by atoms with van der Waals surface area (Å²) >= 11 is 0. The van der Waals surface area contributed by atoms with E-state index >= 15 is 0 Å². The van der Waals surface area contributed by atoms with Crippen LogP contribution >= 0.6 is 0 Å². The van der Waals surface area contributed by atoms with Gasteiger partial charge in [-0.2, -0.15) is 0 Å². The minimum absolute atomic E-state index is 0.0434. The SMILES string of the molecule is COC(=O)CCCCCCCCO[C@@H]1OC(CO)[C@H](OC2OC(CO)[C@@H](O)C(O[C@]3(C(=O)O)CC(O)[C@@H](NC(C)=O)C(C(O)C(O)CO)O3)C2O)C(O)C1NC(=O)c1ccc2cccc(O)c2n1. The smallest absolute Gasteiger partial charge is 0.364 e. The third kappa shape index (κ3) is 13.1. The predicted octanol–water partition coefficient (Wildman–Crippen LogP) is -3.60. The van der Waals surface area contributed by atoms with Gasteiger partial charge in [-0.3, -0.25) is 14.4 Å². The molecule has 0 spiro atoms. The van der Waals surface area contributed by atoms with Crippen molar-refractivity contribution in [3.8, 4) is 5.75 Å². The van der Waals surface area contributed by atoms with Crippen LogP contribution in [0.25, 0.3) is 10.9 Å². The highest BCUT2D eigenvalue weighted by molar-refractivity contribution is 5.96. The first kappa shape index (κ1) is 54.6. The Morgan fingerprint density at radius 1 is 0.838 bits per heavy atom. The number of hydrogen-bond donors (Lipinski definition) is 13. The highest BCUT2D eigenvalue weighted by Gasteiger charge is 2.60. The largest absolute Gasteiger partial charge is 0.506 e. The first-order valence-corrected chi connectivity index (χ1v) is 22.2. The second-order valence-electron chi connectivity index (χ2n) is 16.8. The Hall–Kier alpha value is -4.29. The summed E-state index contributed by atoms with van der Waals surface area (Å²) in [5, 5.41) is 124. The molecule has 4 heterocycles. The van der Waals surface area contributed by atoms with E-state index in [2.05, 4.69) is 20.4 Å². The number of carbonyl (C=O) groups is 4. The molecule has 3 saturated heterocycles. The summed E-state index contributed by atoms with van der Waals surface area (Å²) in [6.45, 7) is -1.89. The van der Waals surface area contributed by atoms with Gasteiger partial charge in [0, 0.05) is 31.8 Å². The number of esters is 1. The van der Waals surface area contributed by atoms with E-state index in [0.29, 0.717) is 31.1 Å². The van der Waals surface area contributed by atoms with Crippen molar-refractivity contribution < 1.29 is 109 Å². The number of phenols is 1. The molecule has 2 aromatic rings. The molecule has 0 bridgehead atoms. The molecule has 11 unspecified atom stereocenters. The van der Waals surface area contributed by atoms with Gasteiger partial charge in [-0.05, 0) is 25.0 Å². The van der Waals surface area contributed by atoms with Gasteiger partial charge in [-0.1, -0.05) is 43.9 Å². The molecule has 5 rings (SSSR count). The molecule has 1 aromatic heterocycles. The first-order valence-electron chi connectivity index (χ1n) is 22.2. The van der Waals surface area contributed by atoms with Crippen LogP contribution in [0, 0.1) is 0 Å². The van der Waals surface area contributed by atoms with Gasteiger partial charge in [0.2, 0.25) is 5.91 Å². The van der Waals surface area contributed by atoms with E-state index in [4.69, 9.17) is 28.4 Å². The summed E-state index contributed by atoms with van der Waals surface area (Å²) in [6, 6.07) is 4.40. The van der Waals surface area contributed by atoms with Crippen molar-refractivity contribution in [3.63, 3.8) is 0 Å². The van der Waals surface area contributed by atoms with Gasteiger partial charge < -0.3 is 100.0 Å². The van der Waals surface area contributed by atoms with Crippen LogP contribution in [-0.4, -0.2) is 216 Å². The molecule has 16 atom stereocenters. The summed E-state index contributed by atoms with van der Waals surface area (Å²) in [5.74, 6) is -7.24. The molecule has 0 aliphatic carbocycles. The lowest BCUT2D eigenvalue weighted by atomic mass is 9.88. The maximum absolute atomic E-state index is 13.8. The van der Waals surface area contributed by atoms with Crippen LogP contribution < -0.4 is 10.6 Å². The molecule has 382 valence electrons. The molecule has 3 fully saturated rings. The van der Waals surface area contributed by atoms with Gasteiger partial charge in [-0.25, -0.2) is 9.78 Å². The molecular formula is C43H63N3O22. The topological polar surface area (TPSA) is 392 Å². The number of nitrogens with one attached hydrogen (secondary N) is 2. The van der Waals surface area contributed by atoms with E-state index in [1.165, 1.54) is 25.3 Å². The number of aromatic nitrogens is 1. The molecule has 0 radical (unpaired) electrons. The fourth-order valence-corrected chi connectivity index (χ4v) is 8.32. The number of ether oxygens (including phenoxy) is 7. The van der Waals surface area contributed by atoms with Crippen LogP contribution in [0.4, 0.5) is 0 Å². The molecule has 25 heteroatoms. The average molecular weight is 974 g/mol. The third-order valence-corrected chi connectivity index (χ3v) is 12.0. The van der Waals surface area contributed by atoms with Crippen molar-refractivity contribution in [2.45, 2.75) is 156 Å². The number of carboxylic acid groups (broad SMARTS) is 1. The second kappa shape index (κ2) is 25.0. The number of fused-ring (bicyclic) bond motifs is 1. The maximum Gasteiger partial charge on any atom is 0.364 e.